The van der Waals surface area contributed by atoms with Gasteiger partial charge in [-0.1, -0.05) is 32.0 Å². The van der Waals surface area contributed by atoms with E-state index in [1.807, 2.05) is 24.3 Å². The topological polar surface area (TPSA) is 88.2 Å². The van der Waals surface area contributed by atoms with Gasteiger partial charge in [-0.25, -0.2) is 4.79 Å². The fraction of sp³-hybridized carbons (Fsp3) is 0.625. The second-order valence-corrected chi connectivity index (χ2v) is 9.37. The molecule has 1 unspecified atom stereocenters. The summed E-state index contributed by atoms with van der Waals surface area (Å²) in [4.78, 5) is 40.7. The molecule has 0 radical (unpaired) electrons. The molecule has 1 N–H and O–H groups in total. The predicted molar refractivity (Wildman–Crippen MR) is 123 cm³/mol. The SMILES string of the molecule is CC(Oc1ccccc1C(C)C)C(=O)N1CCCN(C(=O)CNC(=O)OC(C)(C)C)CC1. The van der Waals surface area contributed by atoms with E-state index in [1.54, 1.807) is 37.5 Å². The van der Waals surface area contributed by atoms with E-state index in [9.17, 15) is 14.4 Å². The summed E-state index contributed by atoms with van der Waals surface area (Å²) in [7, 11) is 0. The van der Waals surface area contributed by atoms with Gasteiger partial charge in [-0.15, -0.1) is 0 Å². The van der Waals surface area contributed by atoms with Crippen LogP contribution in [0.25, 0.3) is 0 Å². The van der Waals surface area contributed by atoms with Gasteiger partial charge in [0.2, 0.25) is 5.91 Å². The van der Waals surface area contributed by atoms with Gasteiger partial charge in [-0.2, -0.15) is 0 Å². The molecular weight excluding hydrogens is 410 g/mol. The van der Waals surface area contributed by atoms with Gasteiger partial charge in [0, 0.05) is 26.2 Å². The zero-order valence-electron chi connectivity index (χ0n) is 20.1. The minimum absolute atomic E-state index is 0.0928. The molecule has 1 heterocycles. The molecule has 0 saturated carbocycles. The number of para-hydroxylation sites is 1. The van der Waals surface area contributed by atoms with Gasteiger partial charge in [0.25, 0.3) is 5.91 Å². The van der Waals surface area contributed by atoms with Crippen molar-refractivity contribution in [3.8, 4) is 5.75 Å². The van der Waals surface area contributed by atoms with Crippen LogP contribution in [0.5, 0.6) is 5.75 Å². The summed E-state index contributed by atoms with van der Waals surface area (Å²) >= 11 is 0. The number of nitrogens with zero attached hydrogens (tertiary/aromatic N) is 2. The number of alkyl carbamates (subject to hydrolysis) is 1. The molecule has 2 rings (SSSR count). The van der Waals surface area contributed by atoms with Gasteiger partial charge < -0.3 is 24.6 Å². The van der Waals surface area contributed by atoms with Crippen molar-refractivity contribution in [1.29, 1.82) is 0 Å². The third-order valence-corrected chi connectivity index (χ3v) is 5.14. The van der Waals surface area contributed by atoms with Crippen molar-refractivity contribution >= 4 is 17.9 Å². The van der Waals surface area contributed by atoms with Gasteiger partial charge in [0.1, 0.15) is 17.9 Å². The van der Waals surface area contributed by atoms with Crippen LogP contribution in [0, 0.1) is 0 Å². The average molecular weight is 448 g/mol. The highest BCUT2D eigenvalue weighted by Crippen LogP contribution is 2.27. The number of amides is 3. The lowest BCUT2D eigenvalue weighted by molar-refractivity contribution is -0.138. The molecule has 1 fully saturated rings. The quantitative estimate of drug-likeness (QED) is 0.724. The van der Waals surface area contributed by atoms with E-state index in [4.69, 9.17) is 9.47 Å². The highest BCUT2D eigenvalue weighted by atomic mass is 16.6. The molecule has 1 aliphatic heterocycles. The van der Waals surface area contributed by atoms with Crippen molar-refractivity contribution in [1.82, 2.24) is 15.1 Å². The van der Waals surface area contributed by atoms with Crippen LogP contribution in [0.1, 0.15) is 59.4 Å². The third kappa shape index (κ3) is 7.73. The maximum Gasteiger partial charge on any atom is 0.408 e. The van der Waals surface area contributed by atoms with Crippen LogP contribution in [0.15, 0.2) is 24.3 Å². The zero-order chi connectivity index (χ0) is 23.9. The Kier molecular flexibility index (Phi) is 8.92. The maximum atomic E-state index is 13.0. The highest BCUT2D eigenvalue weighted by Gasteiger charge is 2.27. The molecule has 1 aliphatic rings. The number of nitrogens with one attached hydrogen (secondary N) is 1. The molecule has 1 saturated heterocycles. The van der Waals surface area contributed by atoms with Gasteiger partial charge >= 0.3 is 6.09 Å². The standard InChI is InChI=1S/C24H37N3O5/c1-17(2)19-10-7-8-11-20(19)31-18(3)22(29)27-13-9-12-26(14-15-27)21(28)16-25-23(30)32-24(4,5)6/h7-8,10-11,17-18H,9,12-16H2,1-6H3,(H,25,30). The molecule has 0 aliphatic carbocycles. The van der Waals surface area contributed by atoms with Crippen LogP contribution in [-0.2, 0) is 14.3 Å². The number of hydrogen-bond acceptors (Lipinski definition) is 5. The smallest absolute Gasteiger partial charge is 0.408 e. The molecule has 0 aromatic heterocycles. The fourth-order valence-corrected chi connectivity index (χ4v) is 3.52. The summed E-state index contributed by atoms with van der Waals surface area (Å²) in [6.45, 7) is 13.0. The Morgan fingerprint density at radius 3 is 2.28 bits per heavy atom. The van der Waals surface area contributed by atoms with Crippen LogP contribution in [-0.4, -0.2) is 72.1 Å². The second-order valence-electron chi connectivity index (χ2n) is 9.37. The first kappa shape index (κ1) is 25.5. The molecule has 3 amide bonds. The number of carbonyl (C=O) groups excluding carboxylic acids is 3. The Morgan fingerprint density at radius 2 is 1.62 bits per heavy atom. The van der Waals surface area contributed by atoms with Crippen LogP contribution in [0.3, 0.4) is 0 Å². The lowest BCUT2D eigenvalue weighted by Gasteiger charge is -2.26. The van der Waals surface area contributed by atoms with E-state index in [2.05, 4.69) is 19.2 Å². The Morgan fingerprint density at radius 1 is 1.00 bits per heavy atom. The molecule has 1 aromatic carbocycles. The molecule has 1 atom stereocenters. The predicted octanol–water partition coefficient (Wildman–Crippen LogP) is 3.16. The minimum Gasteiger partial charge on any atom is -0.481 e. The van der Waals surface area contributed by atoms with Crippen LogP contribution in [0.2, 0.25) is 0 Å². The summed E-state index contributed by atoms with van der Waals surface area (Å²) in [6.07, 6.45) is -0.574. The van der Waals surface area contributed by atoms with E-state index in [-0.39, 0.29) is 18.4 Å². The normalized spacial score (nSPS) is 15.7. The Hall–Kier alpha value is -2.77. The number of ether oxygens (including phenoxy) is 2. The Labute approximate surface area is 191 Å². The van der Waals surface area contributed by atoms with Crippen LogP contribution < -0.4 is 10.1 Å². The van der Waals surface area contributed by atoms with Crippen molar-refractivity contribution in [2.75, 3.05) is 32.7 Å². The first-order chi connectivity index (χ1) is 15.0. The van der Waals surface area contributed by atoms with E-state index < -0.39 is 17.8 Å². The summed E-state index contributed by atoms with van der Waals surface area (Å²) < 4.78 is 11.2. The lowest BCUT2D eigenvalue weighted by atomic mass is 10.0. The minimum atomic E-state index is -0.620. The van der Waals surface area contributed by atoms with Crippen molar-refractivity contribution < 1.29 is 23.9 Å². The van der Waals surface area contributed by atoms with Crippen molar-refractivity contribution in [2.24, 2.45) is 0 Å². The largest absolute Gasteiger partial charge is 0.481 e. The van der Waals surface area contributed by atoms with Gasteiger partial charge in [0.15, 0.2) is 6.10 Å². The molecule has 0 spiro atoms. The third-order valence-electron chi connectivity index (χ3n) is 5.14. The molecule has 0 bridgehead atoms. The summed E-state index contributed by atoms with van der Waals surface area (Å²) in [5.74, 6) is 0.730. The van der Waals surface area contributed by atoms with Crippen molar-refractivity contribution in [3.05, 3.63) is 29.8 Å². The van der Waals surface area contributed by atoms with Gasteiger partial charge in [0.05, 0.1) is 0 Å². The van der Waals surface area contributed by atoms with Crippen LogP contribution >= 0.6 is 0 Å². The Balaban J connectivity index is 1.87. The van der Waals surface area contributed by atoms with Crippen molar-refractivity contribution in [3.63, 3.8) is 0 Å². The zero-order valence-corrected chi connectivity index (χ0v) is 20.1. The fourth-order valence-electron chi connectivity index (χ4n) is 3.52. The lowest BCUT2D eigenvalue weighted by Crippen LogP contribution is -2.45. The van der Waals surface area contributed by atoms with Gasteiger partial charge in [-0.05, 0) is 51.7 Å². The molecule has 8 nitrogen and oxygen atoms in total. The summed E-state index contributed by atoms with van der Waals surface area (Å²) in [6, 6.07) is 7.77. The number of carbonyl (C=O) groups is 3. The van der Waals surface area contributed by atoms with E-state index in [1.165, 1.54) is 0 Å². The monoisotopic (exact) mass is 447 g/mol. The number of benzene rings is 1. The molecular formula is C24H37N3O5. The van der Waals surface area contributed by atoms with E-state index in [0.29, 0.717) is 38.5 Å². The summed E-state index contributed by atoms with van der Waals surface area (Å²) in [5.41, 5.74) is 0.447. The highest BCUT2D eigenvalue weighted by molar-refractivity contribution is 5.83. The first-order valence-corrected chi connectivity index (χ1v) is 11.3. The van der Waals surface area contributed by atoms with Crippen LogP contribution in [0.4, 0.5) is 4.79 Å². The molecule has 32 heavy (non-hydrogen) atoms. The summed E-state index contributed by atoms with van der Waals surface area (Å²) in [5, 5.41) is 2.50. The first-order valence-electron chi connectivity index (χ1n) is 11.3. The molecule has 8 heteroatoms. The van der Waals surface area contributed by atoms with E-state index in [0.717, 1.165) is 11.3 Å². The second kappa shape index (κ2) is 11.2. The average Bonchev–Trinajstić information content (AvgIpc) is 2.96. The Bertz CT molecular complexity index is 803. The van der Waals surface area contributed by atoms with E-state index >= 15 is 0 Å². The van der Waals surface area contributed by atoms with Crippen molar-refractivity contribution in [2.45, 2.75) is 65.6 Å². The molecule has 178 valence electrons. The molecule has 1 aromatic rings. The maximum absolute atomic E-state index is 13.0. The number of hydrogen-bond donors (Lipinski definition) is 1. The van der Waals surface area contributed by atoms with Gasteiger partial charge in [-0.3, -0.25) is 9.59 Å². The number of rotatable bonds is 6.